The molecule has 1 aromatic heterocycles. The molecule has 2 nitrogen and oxygen atoms in total. The molecule has 1 rings (SSSR count). The summed E-state index contributed by atoms with van der Waals surface area (Å²) >= 11 is 0. The summed E-state index contributed by atoms with van der Waals surface area (Å²) in [6, 6.07) is 1.20. The van der Waals surface area contributed by atoms with Crippen molar-refractivity contribution in [2.75, 3.05) is 0 Å². The summed E-state index contributed by atoms with van der Waals surface area (Å²) in [6.07, 6.45) is -0.776. The molecular formula is C6H4F2O2. The lowest BCUT2D eigenvalue weighted by molar-refractivity contribution is 0.0678. The zero-order chi connectivity index (χ0) is 7.56. The number of halogens is 2. The number of alkyl halides is 2. The molecular weight excluding hydrogens is 142 g/mol. The van der Waals surface area contributed by atoms with Crippen molar-refractivity contribution in [1.82, 2.24) is 0 Å². The van der Waals surface area contributed by atoms with E-state index in [4.69, 9.17) is 0 Å². The molecule has 0 saturated carbocycles. The van der Waals surface area contributed by atoms with Crippen molar-refractivity contribution >= 4 is 5.78 Å². The first-order chi connectivity index (χ1) is 4.72. The minimum atomic E-state index is -2.95. The van der Waals surface area contributed by atoms with Gasteiger partial charge in [0, 0.05) is 0 Å². The van der Waals surface area contributed by atoms with E-state index in [1.165, 1.54) is 12.3 Å². The topological polar surface area (TPSA) is 30.2 Å². The average Bonchev–Trinajstić information content (AvgIpc) is 2.36. The number of Topliss-reactive ketones (excluding diaryl/α,β-unsaturated/α-hetero) is 1. The highest BCUT2D eigenvalue weighted by Crippen LogP contribution is 2.07. The molecule has 0 N–H and O–H groups in total. The highest BCUT2D eigenvalue weighted by Gasteiger charge is 2.17. The maximum absolute atomic E-state index is 11.6. The van der Waals surface area contributed by atoms with E-state index < -0.39 is 12.2 Å². The largest absolute Gasteiger partial charge is 0.472 e. The van der Waals surface area contributed by atoms with Gasteiger partial charge < -0.3 is 4.42 Å². The molecule has 0 aliphatic heterocycles. The SMILES string of the molecule is O=C(c1ccoc1)C(F)F. The molecule has 0 spiro atoms. The fourth-order valence-electron chi connectivity index (χ4n) is 0.531. The van der Waals surface area contributed by atoms with Gasteiger partial charge in [-0.05, 0) is 6.07 Å². The van der Waals surface area contributed by atoms with E-state index in [1.807, 2.05) is 0 Å². The molecule has 10 heavy (non-hydrogen) atoms. The van der Waals surface area contributed by atoms with Crippen molar-refractivity contribution in [2.24, 2.45) is 0 Å². The van der Waals surface area contributed by atoms with Crippen LogP contribution in [0.2, 0.25) is 0 Å². The Labute approximate surface area is 55.4 Å². The lowest BCUT2D eigenvalue weighted by Gasteiger charge is -1.90. The van der Waals surface area contributed by atoms with Gasteiger partial charge in [-0.2, -0.15) is 0 Å². The predicted octanol–water partition coefficient (Wildman–Crippen LogP) is 1.73. The summed E-state index contributed by atoms with van der Waals surface area (Å²) < 4.78 is 27.6. The van der Waals surface area contributed by atoms with E-state index >= 15 is 0 Å². The lowest BCUT2D eigenvalue weighted by Crippen LogP contribution is -2.08. The Balaban J connectivity index is 2.78. The zero-order valence-electron chi connectivity index (χ0n) is 4.88. The van der Waals surface area contributed by atoms with E-state index in [9.17, 15) is 13.6 Å². The van der Waals surface area contributed by atoms with Crippen LogP contribution in [-0.4, -0.2) is 12.2 Å². The van der Waals surface area contributed by atoms with Crippen LogP contribution in [-0.2, 0) is 0 Å². The molecule has 0 amide bonds. The Morgan fingerprint density at radius 1 is 1.60 bits per heavy atom. The van der Waals surface area contributed by atoms with Crippen LogP contribution in [0.5, 0.6) is 0 Å². The summed E-state index contributed by atoms with van der Waals surface area (Å²) in [5, 5.41) is 0. The lowest BCUT2D eigenvalue weighted by atomic mass is 10.2. The molecule has 0 aromatic carbocycles. The van der Waals surface area contributed by atoms with Crippen molar-refractivity contribution in [3.63, 3.8) is 0 Å². The monoisotopic (exact) mass is 146 g/mol. The van der Waals surface area contributed by atoms with E-state index in [0.717, 1.165) is 6.26 Å². The van der Waals surface area contributed by atoms with E-state index in [2.05, 4.69) is 4.42 Å². The minimum absolute atomic E-state index is 0.0880. The quantitative estimate of drug-likeness (QED) is 0.594. The Bertz CT molecular complexity index is 216. The molecule has 1 heterocycles. The summed E-state index contributed by atoms with van der Waals surface area (Å²) in [5.41, 5.74) is -0.0880. The molecule has 0 atom stereocenters. The zero-order valence-corrected chi connectivity index (χ0v) is 4.88. The van der Waals surface area contributed by atoms with Crippen molar-refractivity contribution in [2.45, 2.75) is 6.43 Å². The summed E-state index contributed by atoms with van der Waals surface area (Å²) in [6.45, 7) is 0. The van der Waals surface area contributed by atoms with Gasteiger partial charge in [-0.25, -0.2) is 8.78 Å². The highest BCUT2D eigenvalue weighted by atomic mass is 19.3. The van der Waals surface area contributed by atoms with Crippen LogP contribution in [0.25, 0.3) is 0 Å². The molecule has 0 aliphatic carbocycles. The molecule has 0 saturated heterocycles. The molecule has 0 aliphatic rings. The third-order valence-corrected chi connectivity index (χ3v) is 1.00. The van der Waals surface area contributed by atoms with Crippen LogP contribution in [0.4, 0.5) is 8.78 Å². The van der Waals surface area contributed by atoms with E-state index in [-0.39, 0.29) is 5.56 Å². The second-order valence-corrected chi connectivity index (χ2v) is 1.68. The number of furan rings is 1. The number of hydrogen-bond donors (Lipinski definition) is 0. The Morgan fingerprint density at radius 2 is 2.30 bits per heavy atom. The maximum atomic E-state index is 11.6. The number of carbonyl (C=O) groups is 1. The molecule has 0 unspecified atom stereocenters. The van der Waals surface area contributed by atoms with Crippen LogP contribution >= 0.6 is 0 Å². The second kappa shape index (κ2) is 2.60. The highest BCUT2D eigenvalue weighted by molar-refractivity contribution is 5.97. The van der Waals surface area contributed by atoms with Crippen molar-refractivity contribution in [3.8, 4) is 0 Å². The van der Waals surface area contributed by atoms with Gasteiger partial charge in [-0.3, -0.25) is 4.79 Å². The Hall–Kier alpha value is -1.19. The van der Waals surface area contributed by atoms with Gasteiger partial charge in [-0.1, -0.05) is 0 Å². The van der Waals surface area contributed by atoms with Gasteiger partial charge in [0.25, 0.3) is 0 Å². The van der Waals surface area contributed by atoms with Gasteiger partial charge >= 0.3 is 6.43 Å². The third-order valence-electron chi connectivity index (χ3n) is 1.00. The first-order valence-electron chi connectivity index (χ1n) is 2.56. The molecule has 4 heteroatoms. The summed E-state index contributed by atoms with van der Waals surface area (Å²) in [5.74, 6) is -1.20. The average molecular weight is 146 g/mol. The van der Waals surface area contributed by atoms with Crippen LogP contribution in [0.1, 0.15) is 10.4 Å². The second-order valence-electron chi connectivity index (χ2n) is 1.68. The van der Waals surface area contributed by atoms with Gasteiger partial charge in [0.1, 0.15) is 6.26 Å². The summed E-state index contributed by atoms with van der Waals surface area (Å²) in [7, 11) is 0. The fourth-order valence-corrected chi connectivity index (χ4v) is 0.531. The fraction of sp³-hybridized carbons (Fsp3) is 0.167. The number of ketones is 1. The van der Waals surface area contributed by atoms with Gasteiger partial charge in [0.05, 0.1) is 11.8 Å². The van der Waals surface area contributed by atoms with Crippen LogP contribution in [0, 0.1) is 0 Å². The number of carbonyl (C=O) groups excluding carboxylic acids is 1. The number of hydrogen-bond acceptors (Lipinski definition) is 2. The van der Waals surface area contributed by atoms with Crippen LogP contribution < -0.4 is 0 Å². The first-order valence-corrected chi connectivity index (χ1v) is 2.56. The molecule has 54 valence electrons. The van der Waals surface area contributed by atoms with Crippen molar-refractivity contribution in [1.29, 1.82) is 0 Å². The molecule has 1 aromatic rings. The normalized spacial score (nSPS) is 10.3. The van der Waals surface area contributed by atoms with Gasteiger partial charge in [-0.15, -0.1) is 0 Å². The first kappa shape index (κ1) is 6.92. The van der Waals surface area contributed by atoms with Crippen LogP contribution in [0.3, 0.4) is 0 Å². The van der Waals surface area contributed by atoms with E-state index in [1.54, 1.807) is 0 Å². The molecule has 0 fully saturated rings. The van der Waals surface area contributed by atoms with Gasteiger partial charge in [0.15, 0.2) is 0 Å². The molecule has 0 radical (unpaired) electrons. The van der Waals surface area contributed by atoms with Crippen molar-refractivity contribution in [3.05, 3.63) is 24.2 Å². The standard InChI is InChI=1S/C6H4F2O2/c7-6(8)5(9)4-1-2-10-3-4/h1-3,6H. The van der Waals surface area contributed by atoms with Crippen molar-refractivity contribution < 1.29 is 18.0 Å². The Morgan fingerprint density at radius 3 is 2.70 bits per heavy atom. The summed E-state index contributed by atoms with van der Waals surface area (Å²) in [4.78, 5) is 10.4. The smallest absolute Gasteiger partial charge is 0.300 e. The van der Waals surface area contributed by atoms with Crippen LogP contribution in [0.15, 0.2) is 23.0 Å². The van der Waals surface area contributed by atoms with E-state index in [0.29, 0.717) is 0 Å². The third kappa shape index (κ3) is 1.21. The minimum Gasteiger partial charge on any atom is -0.472 e. The van der Waals surface area contributed by atoms with Gasteiger partial charge in [0.2, 0.25) is 5.78 Å². The maximum Gasteiger partial charge on any atom is 0.300 e. The Kier molecular flexibility index (Phi) is 1.80. The number of rotatable bonds is 2. The molecule has 0 bridgehead atoms. The predicted molar refractivity (Wildman–Crippen MR) is 29.0 cm³/mol.